The minimum Gasteiger partial charge on any atom is -0.497 e. The van der Waals surface area contributed by atoms with Crippen molar-refractivity contribution >= 4 is 11.6 Å². The summed E-state index contributed by atoms with van der Waals surface area (Å²) in [5.74, 6) is 3.85. The van der Waals surface area contributed by atoms with Gasteiger partial charge in [0.15, 0.2) is 0 Å². The van der Waals surface area contributed by atoms with Crippen molar-refractivity contribution in [2.75, 3.05) is 19.5 Å². The number of fused-ring (bicyclic) bond motifs is 3. The summed E-state index contributed by atoms with van der Waals surface area (Å²) in [5.41, 5.74) is 5.19. The number of rotatable bonds is 4. The van der Waals surface area contributed by atoms with Crippen molar-refractivity contribution in [2.24, 2.45) is 0 Å². The Labute approximate surface area is 197 Å². The van der Waals surface area contributed by atoms with Crippen LogP contribution in [-0.2, 0) is 0 Å². The highest BCUT2D eigenvalue weighted by Gasteiger charge is 2.41. The summed E-state index contributed by atoms with van der Waals surface area (Å²) in [6.45, 7) is 1.91. The van der Waals surface area contributed by atoms with Crippen LogP contribution in [0.1, 0.15) is 34.7 Å². The number of nitrogens with one attached hydrogen (secondary N) is 1. The van der Waals surface area contributed by atoms with E-state index in [0.29, 0.717) is 11.8 Å². The number of benzene rings is 3. The summed E-state index contributed by atoms with van der Waals surface area (Å²) in [6.07, 6.45) is -0.326. The molecule has 2 aliphatic heterocycles. The average molecular weight is 453 g/mol. The van der Waals surface area contributed by atoms with E-state index in [0.717, 1.165) is 45.2 Å². The Balaban J connectivity index is 1.59. The molecule has 34 heavy (non-hydrogen) atoms. The van der Waals surface area contributed by atoms with Gasteiger partial charge in [0.1, 0.15) is 35.2 Å². The molecule has 3 heterocycles. The molecule has 7 nitrogen and oxygen atoms in total. The highest BCUT2D eigenvalue weighted by atomic mass is 16.5. The molecule has 1 N–H and O–H groups in total. The Bertz CT molecular complexity index is 1390. The molecule has 4 aromatic rings. The summed E-state index contributed by atoms with van der Waals surface area (Å²) in [4.78, 5) is 4.67. The molecule has 0 fully saturated rings. The number of para-hydroxylation sites is 1. The van der Waals surface area contributed by atoms with E-state index in [-0.39, 0.29) is 12.1 Å². The second kappa shape index (κ2) is 7.95. The van der Waals surface area contributed by atoms with Crippen molar-refractivity contribution in [1.29, 1.82) is 0 Å². The predicted octanol–water partition coefficient (Wildman–Crippen LogP) is 5.16. The van der Waals surface area contributed by atoms with Crippen LogP contribution in [0.2, 0.25) is 0 Å². The molecule has 170 valence electrons. The second-order valence-electron chi connectivity index (χ2n) is 8.33. The molecule has 0 saturated carbocycles. The number of aromatic nitrogens is 3. The minimum absolute atomic E-state index is 0.209. The maximum Gasteiger partial charge on any atom is 0.226 e. The summed E-state index contributed by atoms with van der Waals surface area (Å²) < 4.78 is 19.4. The third-order valence-corrected chi connectivity index (χ3v) is 6.34. The highest BCUT2D eigenvalue weighted by Crippen LogP contribution is 2.50. The van der Waals surface area contributed by atoms with Crippen LogP contribution in [-0.4, -0.2) is 29.0 Å². The summed E-state index contributed by atoms with van der Waals surface area (Å²) >= 11 is 0. The van der Waals surface area contributed by atoms with Crippen LogP contribution in [0.5, 0.6) is 17.2 Å². The molecule has 0 bridgehead atoms. The van der Waals surface area contributed by atoms with E-state index in [1.54, 1.807) is 14.2 Å². The first-order chi connectivity index (χ1) is 16.7. The first-order valence-electron chi connectivity index (χ1n) is 11.1. The largest absolute Gasteiger partial charge is 0.497 e. The fourth-order valence-corrected chi connectivity index (χ4v) is 4.74. The Morgan fingerprint density at radius 1 is 0.853 bits per heavy atom. The van der Waals surface area contributed by atoms with Gasteiger partial charge in [0.2, 0.25) is 5.95 Å². The van der Waals surface area contributed by atoms with Gasteiger partial charge >= 0.3 is 0 Å². The molecule has 1 aromatic heterocycles. The lowest BCUT2D eigenvalue weighted by atomic mass is 9.84. The van der Waals surface area contributed by atoms with Crippen molar-refractivity contribution in [3.8, 4) is 17.2 Å². The van der Waals surface area contributed by atoms with Crippen molar-refractivity contribution in [2.45, 2.75) is 19.1 Å². The van der Waals surface area contributed by atoms with Crippen LogP contribution >= 0.6 is 0 Å². The number of nitrogens with zero attached hydrogens (tertiary/aromatic N) is 3. The van der Waals surface area contributed by atoms with E-state index in [9.17, 15) is 0 Å². The summed E-state index contributed by atoms with van der Waals surface area (Å²) in [6, 6.07) is 24.0. The molecular formula is C27H24N4O3. The van der Waals surface area contributed by atoms with Crippen LogP contribution in [0.4, 0.5) is 5.95 Å². The SMILES string of the molecule is COc1ccc([C@H]2Oc3ccccc3C3=C2[C@@H](c2ccc(OC)cc2)n2nc(C)nc2N3)cc1. The third-order valence-electron chi connectivity index (χ3n) is 6.34. The van der Waals surface area contributed by atoms with Crippen molar-refractivity contribution in [3.05, 3.63) is 101 Å². The van der Waals surface area contributed by atoms with Gasteiger partial charge in [-0.3, -0.25) is 0 Å². The Morgan fingerprint density at radius 2 is 1.50 bits per heavy atom. The van der Waals surface area contributed by atoms with E-state index in [1.807, 2.05) is 54.1 Å². The van der Waals surface area contributed by atoms with Crippen LogP contribution in [0.3, 0.4) is 0 Å². The molecule has 0 amide bonds. The zero-order valence-corrected chi connectivity index (χ0v) is 19.1. The van der Waals surface area contributed by atoms with Gasteiger partial charge in [0, 0.05) is 11.1 Å². The number of hydrogen-bond acceptors (Lipinski definition) is 6. The Morgan fingerprint density at radius 3 is 2.18 bits per heavy atom. The molecule has 0 aliphatic carbocycles. The van der Waals surface area contributed by atoms with E-state index in [4.69, 9.17) is 19.3 Å². The molecule has 2 atom stereocenters. The van der Waals surface area contributed by atoms with Crippen LogP contribution in [0.25, 0.3) is 5.70 Å². The zero-order valence-electron chi connectivity index (χ0n) is 19.1. The predicted molar refractivity (Wildman–Crippen MR) is 129 cm³/mol. The molecule has 0 radical (unpaired) electrons. The zero-order chi connectivity index (χ0) is 23.2. The standard InChI is InChI=1S/C27H24N4O3/c1-16-28-27-29-24-21-6-4-5-7-22(21)34-26(18-10-14-20(33-3)15-11-18)23(24)25(31(27)30-16)17-8-12-19(32-2)13-9-17/h4-15,25-26H,1-3H3,(H,28,29,30)/t25-,26-/m1/s1. The van der Waals surface area contributed by atoms with Gasteiger partial charge in [-0.05, 0) is 54.4 Å². The van der Waals surface area contributed by atoms with Gasteiger partial charge in [-0.2, -0.15) is 10.1 Å². The molecule has 3 aromatic carbocycles. The number of anilines is 1. The van der Waals surface area contributed by atoms with Gasteiger partial charge in [-0.15, -0.1) is 0 Å². The van der Waals surface area contributed by atoms with Crippen LogP contribution in [0, 0.1) is 6.92 Å². The van der Waals surface area contributed by atoms with E-state index < -0.39 is 0 Å². The molecule has 0 unspecified atom stereocenters. The smallest absolute Gasteiger partial charge is 0.226 e. The van der Waals surface area contributed by atoms with Gasteiger partial charge in [0.25, 0.3) is 0 Å². The number of ether oxygens (including phenoxy) is 3. The topological polar surface area (TPSA) is 70.4 Å². The monoisotopic (exact) mass is 452 g/mol. The van der Waals surface area contributed by atoms with Gasteiger partial charge in [-0.25, -0.2) is 4.68 Å². The maximum atomic E-state index is 6.65. The number of methoxy groups -OCH3 is 2. The summed E-state index contributed by atoms with van der Waals surface area (Å²) in [7, 11) is 3.34. The van der Waals surface area contributed by atoms with E-state index in [1.165, 1.54) is 0 Å². The second-order valence-corrected chi connectivity index (χ2v) is 8.33. The fraction of sp³-hybridized carbons (Fsp3) is 0.185. The highest BCUT2D eigenvalue weighted by molar-refractivity contribution is 5.85. The van der Waals surface area contributed by atoms with Crippen LogP contribution < -0.4 is 19.5 Å². The third kappa shape index (κ3) is 3.20. The average Bonchev–Trinajstić information content (AvgIpc) is 3.26. The molecule has 2 aliphatic rings. The first-order valence-corrected chi connectivity index (χ1v) is 11.1. The molecule has 7 heteroatoms. The lowest BCUT2D eigenvalue weighted by Crippen LogP contribution is -2.32. The molecule has 0 spiro atoms. The van der Waals surface area contributed by atoms with Gasteiger partial charge in [0.05, 0.1) is 19.9 Å². The molecular weight excluding hydrogens is 428 g/mol. The Kier molecular flexibility index (Phi) is 4.76. The van der Waals surface area contributed by atoms with Crippen molar-refractivity contribution in [1.82, 2.24) is 14.8 Å². The lowest BCUT2D eigenvalue weighted by molar-refractivity contribution is 0.223. The van der Waals surface area contributed by atoms with Crippen molar-refractivity contribution < 1.29 is 14.2 Å². The molecule has 6 rings (SSSR count). The molecule has 0 saturated heterocycles. The quantitative estimate of drug-likeness (QED) is 0.461. The number of aryl methyl sites for hydroxylation is 1. The fourth-order valence-electron chi connectivity index (χ4n) is 4.74. The normalized spacial score (nSPS) is 18.2. The van der Waals surface area contributed by atoms with Crippen LogP contribution in [0.15, 0.2) is 78.4 Å². The maximum absolute atomic E-state index is 6.65. The lowest BCUT2D eigenvalue weighted by Gasteiger charge is -2.39. The minimum atomic E-state index is -0.326. The summed E-state index contributed by atoms with van der Waals surface area (Å²) in [5, 5.41) is 8.32. The Hall–Kier alpha value is -4.26. The van der Waals surface area contributed by atoms with Gasteiger partial charge in [-0.1, -0.05) is 36.4 Å². The first kappa shape index (κ1) is 20.4. The number of hydrogen-bond donors (Lipinski definition) is 1. The van der Waals surface area contributed by atoms with E-state index >= 15 is 0 Å². The van der Waals surface area contributed by atoms with Crippen molar-refractivity contribution in [3.63, 3.8) is 0 Å². The van der Waals surface area contributed by atoms with Gasteiger partial charge < -0.3 is 19.5 Å². The van der Waals surface area contributed by atoms with E-state index in [2.05, 4.69) is 40.6 Å².